The van der Waals surface area contributed by atoms with Gasteiger partial charge in [0.2, 0.25) is 0 Å². The Kier molecular flexibility index (Phi) is 3.26. The number of carbonyl (C=O) groups is 3. The average Bonchev–Trinajstić information content (AvgIpc) is 2.85. The van der Waals surface area contributed by atoms with Crippen LogP contribution in [0, 0.1) is 11.8 Å². The molecule has 2 aliphatic rings. The minimum absolute atomic E-state index is 0.121. The van der Waals surface area contributed by atoms with E-state index in [9.17, 15) is 14.4 Å². The fraction of sp³-hybridized carbons (Fsp3) is 0.583. The molecule has 17 heavy (non-hydrogen) atoms. The summed E-state index contributed by atoms with van der Waals surface area (Å²) >= 11 is 0. The van der Waals surface area contributed by atoms with Crippen molar-refractivity contribution in [2.75, 3.05) is 6.61 Å². The molecule has 0 N–H and O–H groups in total. The van der Waals surface area contributed by atoms with Crippen LogP contribution >= 0.6 is 0 Å². The Hall–Kier alpha value is -1.65. The van der Waals surface area contributed by atoms with Crippen molar-refractivity contribution >= 4 is 17.7 Å². The zero-order valence-corrected chi connectivity index (χ0v) is 9.55. The number of carbonyl (C=O) groups excluding carboxylic acids is 3. The normalized spacial score (nSPS) is 31.7. The molecule has 5 nitrogen and oxygen atoms in total. The molecule has 0 saturated heterocycles. The molecule has 1 fully saturated rings. The number of ketones is 1. The van der Waals surface area contributed by atoms with E-state index in [-0.39, 0.29) is 18.3 Å². The molecule has 2 rings (SSSR count). The lowest BCUT2D eigenvalue weighted by Crippen LogP contribution is -2.33. The van der Waals surface area contributed by atoms with Crippen LogP contribution in [0.25, 0.3) is 0 Å². The number of rotatable bonds is 3. The largest absolute Gasteiger partial charge is 0.465 e. The fourth-order valence-corrected chi connectivity index (χ4v) is 2.38. The summed E-state index contributed by atoms with van der Waals surface area (Å²) in [6.07, 6.45) is 3.37. The Morgan fingerprint density at radius 3 is 2.88 bits per heavy atom. The predicted molar refractivity (Wildman–Crippen MR) is 56.9 cm³/mol. The highest BCUT2D eigenvalue weighted by Gasteiger charge is 2.46. The Morgan fingerprint density at radius 1 is 1.53 bits per heavy atom. The molecule has 1 saturated carbocycles. The molecular formula is C12H14O5. The van der Waals surface area contributed by atoms with Crippen LogP contribution in [0.3, 0.4) is 0 Å². The molecule has 1 heterocycles. The van der Waals surface area contributed by atoms with E-state index in [1.165, 1.54) is 6.08 Å². The zero-order chi connectivity index (χ0) is 12.4. The second-order valence-electron chi connectivity index (χ2n) is 4.16. The third-order valence-corrected chi connectivity index (χ3v) is 3.14. The molecule has 0 aromatic heterocycles. The fourth-order valence-electron chi connectivity index (χ4n) is 2.38. The highest BCUT2D eigenvalue weighted by molar-refractivity contribution is 6.01. The average molecular weight is 238 g/mol. The van der Waals surface area contributed by atoms with E-state index in [1.54, 1.807) is 13.0 Å². The van der Waals surface area contributed by atoms with Crippen LogP contribution < -0.4 is 0 Å². The third-order valence-electron chi connectivity index (χ3n) is 3.14. The molecule has 0 aromatic rings. The van der Waals surface area contributed by atoms with E-state index in [4.69, 9.17) is 9.47 Å². The maximum atomic E-state index is 11.7. The minimum atomic E-state index is -0.782. The summed E-state index contributed by atoms with van der Waals surface area (Å²) in [6.45, 7) is 1.94. The predicted octanol–water partition coefficient (Wildman–Crippen LogP) is 0.626. The summed E-state index contributed by atoms with van der Waals surface area (Å²) in [6, 6.07) is 0. The van der Waals surface area contributed by atoms with E-state index in [2.05, 4.69) is 0 Å². The highest BCUT2D eigenvalue weighted by Crippen LogP contribution is 2.35. The van der Waals surface area contributed by atoms with E-state index in [1.807, 2.05) is 0 Å². The van der Waals surface area contributed by atoms with Crippen molar-refractivity contribution < 1.29 is 23.9 Å². The second-order valence-corrected chi connectivity index (χ2v) is 4.16. The molecule has 0 spiro atoms. The first-order chi connectivity index (χ1) is 8.13. The third kappa shape index (κ3) is 2.23. The van der Waals surface area contributed by atoms with Crippen LogP contribution in [0.15, 0.2) is 12.2 Å². The summed E-state index contributed by atoms with van der Waals surface area (Å²) in [4.78, 5) is 34.4. The first-order valence-corrected chi connectivity index (χ1v) is 5.71. The molecule has 3 unspecified atom stereocenters. The SMILES string of the molecule is CCOC(=O)C1C(=O)CCC1C1C=CC(=O)O1. The standard InChI is InChI=1S/C12H14O5/c1-2-16-12(15)11-7(3-4-8(11)13)9-5-6-10(14)17-9/h5-7,9,11H,2-4H2,1H3. The number of hydrogen-bond donors (Lipinski definition) is 0. The summed E-state index contributed by atoms with van der Waals surface area (Å²) < 4.78 is 9.93. The number of ether oxygens (including phenoxy) is 2. The molecule has 92 valence electrons. The molecule has 5 heteroatoms. The maximum Gasteiger partial charge on any atom is 0.331 e. The van der Waals surface area contributed by atoms with Crippen LogP contribution in [0.5, 0.6) is 0 Å². The van der Waals surface area contributed by atoms with Crippen LogP contribution in [0.4, 0.5) is 0 Å². The molecule has 0 radical (unpaired) electrons. The van der Waals surface area contributed by atoms with Crippen molar-refractivity contribution in [1.29, 1.82) is 0 Å². The van der Waals surface area contributed by atoms with Crippen LogP contribution in [0.2, 0.25) is 0 Å². The van der Waals surface area contributed by atoms with Gasteiger partial charge in [-0.2, -0.15) is 0 Å². The van der Waals surface area contributed by atoms with Crippen molar-refractivity contribution in [3.05, 3.63) is 12.2 Å². The first kappa shape index (κ1) is 11.8. The summed E-state index contributed by atoms with van der Waals surface area (Å²) in [5.41, 5.74) is 0. The maximum absolute atomic E-state index is 11.7. The van der Waals surface area contributed by atoms with Gasteiger partial charge in [-0.25, -0.2) is 4.79 Å². The van der Waals surface area contributed by atoms with Gasteiger partial charge in [-0.1, -0.05) is 0 Å². The Balaban J connectivity index is 2.11. The number of cyclic esters (lactones) is 1. The molecule has 0 aromatic carbocycles. The molecular weight excluding hydrogens is 224 g/mol. The van der Waals surface area contributed by atoms with Gasteiger partial charge in [-0.05, 0) is 19.4 Å². The van der Waals surface area contributed by atoms with Gasteiger partial charge in [0.05, 0.1) is 6.61 Å². The smallest absolute Gasteiger partial charge is 0.331 e. The van der Waals surface area contributed by atoms with Gasteiger partial charge in [0, 0.05) is 18.4 Å². The van der Waals surface area contributed by atoms with Crippen molar-refractivity contribution in [2.24, 2.45) is 11.8 Å². The zero-order valence-electron chi connectivity index (χ0n) is 9.55. The van der Waals surface area contributed by atoms with Crippen LogP contribution in [-0.4, -0.2) is 30.4 Å². The highest BCUT2D eigenvalue weighted by atomic mass is 16.5. The lowest BCUT2D eigenvalue weighted by molar-refractivity contribution is -0.156. The van der Waals surface area contributed by atoms with E-state index in [0.717, 1.165) is 0 Å². The molecule has 1 aliphatic heterocycles. The van der Waals surface area contributed by atoms with E-state index < -0.39 is 24.0 Å². The lowest BCUT2D eigenvalue weighted by atomic mass is 9.90. The Morgan fingerprint density at radius 2 is 2.29 bits per heavy atom. The molecule has 0 amide bonds. The second kappa shape index (κ2) is 4.69. The van der Waals surface area contributed by atoms with Gasteiger partial charge in [-0.3, -0.25) is 9.59 Å². The van der Waals surface area contributed by atoms with Gasteiger partial charge in [0.1, 0.15) is 17.8 Å². The van der Waals surface area contributed by atoms with Crippen molar-refractivity contribution in [3.63, 3.8) is 0 Å². The van der Waals surface area contributed by atoms with Gasteiger partial charge < -0.3 is 9.47 Å². The number of esters is 2. The Bertz CT molecular complexity index is 384. The van der Waals surface area contributed by atoms with E-state index >= 15 is 0 Å². The molecule has 1 aliphatic carbocycles. The summed E-state index contributed by atoms with van der Waals surface area (Å²) in [7, 11) is 0. The van der Waals surface area contributed by atoms with Crippen LogP contribution in [0.1, 0.15) is 19.8 Å². The van der Waals surface area contributed by atoms with Crippen molar-refractivity contribution in [2.45, 2.75) is 25.9 Å². The van der Waals surface area contributed by atoms with Gasteiger partial charge in [0.25, 0.3) is 0 Å². The Labute approximate surface area is 98.8 Å². The van der Waals surface area contributed by atoms with Gasteiger partial charge in [0.15, 0.2) is 0 Å². The van der Waals surface area contributed by atoms with Gasteiger partial charge in [-0.15, -0.1) is 0 Å². The quantitative estimate of drug-likeness (QED) is 0.532. The first-order valence-electron chi connectivity index (χ1n) is 5.71. The van der Waals surface area contributed by atoms with Crippen molar-refractivity contribution in [1.82, 2.24) is 0 Å². The molecule has 0 bridgehead atoms. The lowest BCUT2D eigenvalue weighted by Gasteiger charge is -2.21. The number of hydrogen-bond acceptors (Lipinski definition) is 5. The topological polar surface area (TPSA) is 69.7 Å². The minimum Gasteiger partial charge on any atom is -0.465 e. The van der Waals surface area contributed by atoms with E-state index in [0.29, 0.717) is 12.8 Å². The summed E-state index contributed by atoms with van der Waals surface area (Å²) in [5, 5.41) is 0. The van der Waals surface area contributed by atoms with Crippen molar-refractivity contribution in [3.8, 4) is 0 Å². The monoisotopic (exact) mass is 238 g/mol. The number of Topliss-reactive ketones (excluding diaryl/α,β-unsaturated/α-hetero) is 1. The van der Waals surface area contributed by atoms with Crippen LogP contribution in [-0.2, 0) is 23.9 Å². The molecule has 3 atom stereocenters. The van der Waals surface area contributed by atoms with Gasteiger partial charge >= 0.3 is 11.9 Å². The summed E-state index contributed by atoms with van der Waals surface area (Å²) in [5.74, 6) is -2.10.